The van der Waals surface area contributed by atoms with Crippen LogP contribution in [-0.2, 0) is 10.0 Å². The van der Waals surface area contributed by atoms with E-state index < -0.39 is 21.2 Å². The Morgan fingerprint density at radius 2 is 2.33 bits per heavy atom. The number of carbonyl (C=O) groups is 1. The summed E-state index contributed by atoms with van der Waals surface area (Å²) in [7, 11) is -3.95. The van der Waals surface area contributed by atoms with E-state index in [1.807, 2.05) is 0 Å². The van der Waals surface area contributed by atoms with Crippen LogP contribution in [0.3, 0.4) is 0 Å². The fraction of sp³-hybridized carbons (Fsp3) is 0.300. The average Bonchev–Trinajstić information content (AvgIpc) is 2.29. The minimum Gasteiger partial charge on any atom is -0.478 e. The largest absolute Gasteiger partial charge is 0.478 e. The van der Waals surface area contributed by atoms with Gasteiger partial charge in [-0.2, -0.15) is 5.26 Å². The predicted molar refractivity (Wildman–Crippen MR) is 63.4 cm³/mol. The van der Waals surface area contributed by atoms with Gasteiger partial charge in [0.2, 0.25) is 10.0 Å². The van der Waals surface area contributed by atoms with Crippen molar-refractivity contribution < 1.29 is 18.3 Å². The molecule has 0 aliphatic carbocycles. The molecule has 0 amide bonds. The molecule has 0 bridgehead atoms. The second kappa shape index (κ2) is 5.46. The van der Waals surface area contributed by atoms with E-state index in [0.717, 1.165) is 6.20 Å². The first kappa shape index (κ1) is 13.9. The van der Waals surface area contributed by atoms with Gasteiger partial charge in [-0.25, -0.2) is 13.2 Å². The number of aromatic carboxylic acids is 1. The summed E-state index contributed by atoms with van der Waals surface area (Å²) in [6.07, 6.45) is 2.43. The number of hydrogen-bond acceptors (Lipinski definition) is 5. The Bertz CT molecular complexity index is 591. The lowest BCUT2D eigenvalue weighted by Gasteiger charge is -2.12. The lowest BCUT2D eigenvalue weighted by molar-refractivity contribution is 0.0698. The van der Waals surface area contributed by atoms with Gasteiger partial charge in [-0.1, -0.05) is 6.92 Å². The first-order chi connectivity index (χ1) is 8.42. The highest BCUT2D eigenvalue weighted by molar-refractivity contribution is 7.93. The van der Waals surface area contributed by atoms with Crippen LogP contribution in [0.2, 0.25) is 0 Å². The lowest BCUT2D eigenvalue weighted by atomic mass is 10.2. The van der Waals surface area contributed by atoms with Crippen LogP contribution in [0.4, 0.5) is 5.69 Å². The topological polar surface area (TPSA) is 120 Å². The van der Waals surface area contributed by atoms with Crippen molar-refractivity contribution in [3.63, 3.8) is 0 Å². The van der Waals surface area contributed by atoms with Gasteiger partial charge in [0.15, 0.2) is 5.25 Å². The molecule has 0 saturated heterocycles. The number of aromatic nitrogens is 1. The van der Waals surface area contributed by atoms with Crippen LogP contribution in [0.25, 0.3) is 0 Å². The van der Waals surface area contributed by atoms with Crippen LogP contribution in [0.15, 0.2) is 18.5 Å². The number of hydrogen-bond donors (Lipinski definition) is 2. The van der Waals surface area contributed by atoms with Gasteiger partial charge in [-0.15, -0.1) is 0 Å². The molecule has 1 rings (SSSR count). The van der Waals surface area contributed by atoms with Crippen LogP contribution >= 0.6 is 0 Å². The molecular weight excluding hydrogens is 258 g/mol. The highest BCUT2D eigenvalue weighted by atomic mass is 32.2. The average molecular weight is 269 g/mol. The molecule has 0 radical (unpaired) electrons. The molecule has 0 saturated carbocycles. The summed E-state index contributed by atoms with van der Waals surface area (Å²) in [5.74, 6) is -1.28. The second-order valence-electron chi connectivity index (χ2n) is 3.40. The van der Waals surface area contributed by atoms with Crippen LogP contribution in [-0.4, -0.2) is 29.7 Å². The van der Waals surface area contributed by atoms with E-state index in [1.165, 1.54) is 12.3 Å². The first-order valence-electron chi connectivity index (χ1n) is 5.01. The van der Waals surface area contributed by atoms with Crippen molar-refractivity contribution in [2.24, 2.45) is 0 Å². The van der Waals surface area contributed by atoms with E-state index >= 15 is 0 Å². The third-order valence-corrected chi connectivity index (χ3v) is 3.89. The van der Waals surface area contributed by atoms with Gasteiger partial charge in [-0.3, -0.25) is 9.71 Å². The molecule has 8 heteroatoms. The van der Waals surface area contributed by atoms with E-state index in [2.05, 4.69) is 9.71 Å². The normalized spacial score (nSPS) is 12.4. The molecular formula is C10H11N3O4S. The van der Waals surface area contributed by atoms with Gasteiger partial charge >= 0.3 is 5.97 Å². The summed E-state index contributed by atoms with van der Waals surface area (Å²) >= 11 is 0. The molecule has 7 nitrogen and oxygen atoms in total. The van der Waals surface area contributed by atoms with Gasteiger partial charge < -0.3 is 5.11 Å². The highest BCUT2D eigenvalue weighted by Gasteiger charge is 2.25. The lowest BCUT2D eigenvalue weighted by Crippen LogP contribution is -2.26. The molecule has 1 heterocycles. The third-order valence-electron chi connectivity index (χ3n) is 2.19. The number of nitriles is 1. The Hall–Kier alpha value is -2.14. The van der Waals surface area contributed by atoms with E-state index in [9.17, 15) is 13.2 Å². The molecule has 0 aliphatic heterocycles. The number of pyridine rings is 1. The van der Waals surface area contributed by atoms with Gasteiger partial charge in [0.1, 0.15) is 0 Å². The summed E-state index contributed by atoms with van der Waals surface area (Å²) in [5.41, 5.74) is -0.375. The van der Waals surface area contributed by atoms with Crippen LogP contribution in [0.5, 0.6) is 0 Å². The Kier molecular flexibility index (Phi) is 4.23. The molecule has 2 N–H and O–H groups in total. The predicted octanol–water partition coefficient (Wildman–Crippen LogP) is 0.824. The van der Waals surface area contributed by atoms with Crippen molar-refractivity contribution in [1.82, 2.24) is 4.98 Å². The molecule has 96 valence electrons. The molecule has 1 atom stereocenters. The summed E-state index contributed by atoms with van der Waals surface area (Å²) in [6.45, 7) is 1.55. The maximum Gasteiger partial charge on any atom is 0.337 e. The quantitative estimate of drug-likeness (QED) is 0.816. The summed E-state index contributed by atoms with van der Waals surface area (Å²) in [6, 6.07) is 2.82. The van der Waals surface area contributed by atoms with E-state index in [4.69, 9.17) is 10.4 Å². The number of anilines is 1. The van der Waals surface area contributed by atoms with Gasteiger partial charge in [-0.05, 0) is 12.5 Å². The number of carboxylic acids is 1. The fourth-order valence-corrected chi connectivity index (χ4v) is 2.46. The zero-order valence-corrected chi connectivity index (χ0v) is 10.3. The minimum atomic E-state index is -3.95. The van der Waals surface area contributed by atoms with Crippen LogP contribution in [0.1, 0.15) is 23.7 Å². The molecule has 0 aromatic carbocycles. The molecule has 0 fully saturated rings. The van der Waals surface area contributed by atoms with E-state index in [-0.39, 0.29) is 17.7 Å². The second-order valence-corrected chi connectivity index (χ2v) is 5.26. The number of nitrogens with one attached hydrogen (secondary N) is 1. The maximum atomic E-state index is 11.8. The van der Waals surface area contributed by atoms with Gasteiger partial charge in [0.25, 0.3) is 0 Å². The SMILES string of the molecule is CCC(C#N)S(=O)(=O)Nc1cnccc1C(=O)O. The summed E-state index contributed by atoms with van der Waals surface area (Å²) in [5, 5.41) is 16.4. The molecule has 0 spiro atoms. The molecule has 1 aromatic heterocycles. The van der Waals surface area contributed by atoms with E-state index in [0.29, 0.717) is 0 Å². The summed E-state index contributed by atoms with van der Waals surface area (Å²) in [4.78, 5) is 14.5. The van der Waals surface area contributed by atoms with Crippen LogP contribution < -0.4 is 4.72 Å². The zero-order valence-electron chi connectivity index (χ0n) is 9.49. The zero-order chi connectivity index (χ0) is 13.8. The molecule has 1 aromatic rings. The number of carboxylic acid groups (broad SMARTS) is 1. The molecule has 0 aliphatic rings. The Morgan fingerprint density at radius 3 is 2.83 bits per heavy atom. The minimum absolute atomic E-state index is 0.106. The standard InChI is InChI=1S/C10H11N3O4S/c1-2-7(5-11)18(16,17)13-9-6-12-4-3-8(9)10(14)15/h3-4,6-7,13H,2H2,1H3,(H,14,15). The number of sulfonamides is 1. The first-order valence-corrected chi connectivity index (χ1v) is 6.55. The van der Waals surface area contributed by atoms with Crippen molar-refractivity contribution in [2.45, 2.75) is 18.6 Å². The van der Waals surface area contributed by atoms with Crippen molar-refractivity contribution in [3.05, 3.63) is 24.0 Å². The van der Waals surface area contributed by atoms with Crippen LogP contribution in [0, 0.1) is 11.3 Å². The van der Waals surface area contributed by atoms with Crippen molar-refractivity contribution in [1.29, 1.82) is 5.26 Å². The van der Waals surface area contributed by atoms with Crippen molar-refractivity contribution in [3.8, 4) is 6.07 Å². The molecule has 18 heavy (non-hydrogen) atoms. The van der Waals surface area contributed by atoms with Gasteiger partial charge in [0, 0.05) is 6.20 Å². The monoisotopic (exact) mass is 269 g/mol. The highest BCUT2D eigenvalue weighted by Crippen LogP contribution is 2.17. The van der Waals surface area contributed by atoms with Crippen molar-refractivity contribution >= 4 is 21.7 Å². The summed E-state index contributed by atoms with van der Waals surface area (Å²) < 4.78 is 25.6. The Balaban J connectivity index is 3.13. The maximum absolute atomic E-state index is 11.8. The molecule has 1 unspecified atom stereocenters. The fourth-order valence-electron chi connectivity index (χ4n) is 1.27. The Labute approximate surface area is 104 Å². The smallest absolute Gasteiger partial charge is 0.337 e. The van der Waals surface area contributed by atoms with Gasteiger partial charge in [0.05, 0.1) is 23.5 Å². The van der Waals surface area contributed by atoms with Crippen molar-refractivity contribution in [2.75, 3.05) is 4.72 Å². The van der Waals surface area contributed by atoms with E-state index in [1.54, 1.807) is 13.0 Å². The third kappa shape index (κ3) is 2.95. The number of rotatable bonds is 5. The Morgan fingerprint density at radius 1 is 1.67 bits per heavy atom. The number of nitrogens with zero attached hydrogens (tertiary/aromatic N) is 2.